The summed E-state index contributed by atoms with van der Waals surface area (Å²) in [6.45, 7) is 1.46. The van der Waals surface area contributed by atoms with Crippen molar-refractivity contribution in [3.63, 3.8) is 0 Å². The molecule has 3 rings (SSSR count). The lowest BCUT2D eigenvalue weighted by atomic mass is 9.97. The average Bonchev–Trinajstić information content (AvgIpc) is 3.02. The molecule has 2 aromatic rings. The first-order valence-corrected chi connectivity index (χ1v) is 8.54. The van der Waals surface area contributed by atoms with Crippen LogP contribution in [0.5, 0.6) is 0 Å². The van der Waals surface area contributed by atoms with Gasteiger partial charge in [0.25, 0.3) is 0 Å². The lowest BCUT2D eigenvalue weighted by Gasteiger charge is -2.32. The van der Waals surface area contributed by atoms with E-state index in [4.69, 9.17) is 5.73 Å². The van der Waals surface area contributed by atoms with Crippen LogP contribution in [0.2, 0.25) is 0 Å². The summed E-state index contributed by atoms with van der Waals surface area (Å²) in [7, 11) is 0. The molecule has 2 amide bonds. The Morgan fingerprint density at radius 3 is 3.04 bits per heavy atom. The molecule has 3 N–H and O–H groups in total. The summed E-state index contributed by atoms with van der Waals surface area (Å²) in [6.07, 6.45) is 6.80. The number of rotatable bonds is 5. The highest BCUT2D eigenvalue weighted by Crippen LogP contribution is 2.23. The first-order chi connectivity index (χ1) is 11.6. The second kappa shape index (κ2) is 7.35. The fourth-order valence-corrected chi connectivity index (χ4v) is 3.40. The van der Waals surface area contributed by atoms with E-state index in [-0.39, 0.29) is 18.2 Å². The number of carbonyl (C=O) groups is 2. The molecular weight excluding hydrogens is 328 g/mol. The van der Waals surface area contributed by atoms with E-state index >= 15 is 0 Å². The zero-order chi connectivity index (χ0) is 16.9. The number of nitrogens with one attached hydrogen (secondary N) is 1. The van der Waals surface area contributed by atoms with Gasteiger partial charge in [-0.3, -0.25) is 14.6 Å². The van der Waals surface area contributed by atoms with Crippen LogP contribution in [0.1, 0.15) is 18.5 Å². The summed E-state index contributed by atoms with van der Waals surface area (Å²) in [5, 5.41) is 5.05. The number of carbonyl (C=O) groups excluding carboxylic acids is 2. The first kappa shape index (κ1) is 16.3. The number of aromatic nitrogens is 3. The van der Waals surface area contributed by atoms with Crippen LogP contribution in [-0.2, 0) is 16.0 Å². The van der Waals surface area contributed by atoms with Gasteiger partial charge in [0, 0.05) is 30.9 Å². The number of piperidine rings is 1. The number of hydrogen-bond acceptors (Lipinski definition) is 7. The maximum Gasteiger partial charge on any atom is 0.231 e. The molecule has 0 radical (unpaired) electrons. The molecule has 1 fully saturated rings. The minimum Gasteiger partial charge on any atom is -0.369 e. The van der Waals surface area contributed by atoms with Crippen LogP contribution < -0.4 is 16.0 Å². The molecule has 8 nitrogen and oxygen atoms in total. The molecule has 0 unspecified atom stereocenters. The van der Waals surface area contributed by atoms with Crippen molar-refractivity contribution >= 4 is 34.1 Å². The van der Waals surface area contributed by atoms with Gasteiger partial charge in [0.05, 0.1) is 24.2 Å². The monoisotopic (exact) mass is 346 g/mol. The number of primary amides is 1. The zero-order valence-electron chi connectivity index (χ0n) is 13.0. The number of nitrogens with zero attached hydrogens (tertiary/aromatic N) is 4. The number of hydrogen-bond donors (Lipinski definition) is 2. The van der Waals surface area contributed by atoms with E-state index in [1.807, 2.05) is 0 Å². The molecular formula is C15H18N6O2S. The summed E-state index contributed by atoms with van der Waals surface area (Å²) < 4.78 is 0. The second-order valence-electron chi connectivity index (χ2n) is 5.63. The Morgan fingerprint density at radius 2 is 2.29 bits per heavy atom. The van der Waals surface area contributed by atoms with Gasteiger partial charge in [0.2, 0.25) is 11.8 Å². The molecule has 9 heteroatoms. The molecule has 2 aromatic heterocycles. The van der Waals surface area contributed by atoms with Gasteiger partial charge in [-0.15, -0.1) is 11.3 Å². The second-order valence-corrected chi connectivity index (χ2v) is 6.48. The van der Waals surface area contributed by atoms with E-state index in [9.17, 15) is 9.59 Å². The van der Waals surface area contributed by atoms with Gasteiger partial charge in [-0.25, -0.2) is 9.97 Å². The molecule has 1 aliphatic rings. The van der Waals surface area contributed by atoms with E-state index < -0.39 is 5.91 Å². The van der Waals surface area contributed by atoms with Gasteiger partial charge < -0.3 is 16.0 Å². The fraction of sp³-hybridized carbons (Fsp3) is 0.400. The fourth-order valence-electron chi connectivity index (χ4n) is 2.69. The van der Waals surface area contributed by atoms with Crippen molar-refractivity contribution in [1.29, 1.82) is 0 Å². The molecule has 0 saturated carbocycles. The van der Waals surface area contributed by atoms with Crippen molar-refractivity contribution in [3.8, 4) is 0 Å². The Kier molecular flexibility index (Phi) is 4.99. The van der Waals surface area contributed by atoms with Gasteiger partial charge in [0.15, 0.2) is 5.13 Å². The molecule has 3 heterocycles. The van der Waals surface area contributed by atoms with E-state index in [1.54, 1.807) is 24.0 Å². The minimum absolute atomic E-state index is 0.0661. The van der Waals surface area contributed by atoms with Crippen molar-refractivity contribution in [3.05, 3.63) is 29.7 Å². The molecule has 1 atom stereocenters. The van der Waals surface area contributed by atoms with Gasteiger partial charge in [-0.1, -0.05) is 0 Å². The van der Waals surface area contributed by atoms with Crippen LogP contribution in [0, 0.1) is 5.92 Å². The van der Waals surface area contributed by atoms with Gasteiger partial charge >= 0.3 is 0 Å². The van der Waals surface area contributed by atoms with Crippen LogP contribution in [0.4, 0.5) is 10.9 Å². The molecule has 24 heavy (non-hydrogen) atoms. The highest BCUT2D eigenvalue weighted by atomic mass is 32.1. The molecule has 1 saturated heterocycles. The topological polar surface area (TPSA) is 114 Å². The average molecular weight is 346 g/mol. The minimum atomic E-state index is -0.440. The Morgan fingerprint density at radius 1 is 1.42 bits per heavy atom. The van der Waals surface area contributed by atoms with E-state index in [0.29, 0.717) is 17.4 Å². The van der Waals surface area contributed by atoms with Crippen LogP contribution in [-0.4, -0.2) is 39.9 Å². The largest absolute Gasteiger partial charge is 0.369 e. The summed E-state index contributed by atoms with van der Waals surface area (Å²) in [4.78, 5) is 38.0. The Balaban J connectivity index is 1.60. The van der Waals surface area contributed by atoms with Crippen molar-refractivity contribution in [1.82, 2.24) is 15.0 Å². The lowest BCUT2D eigenvalue weighted by Crippen LogP contribution is -2.41. The predicted octanol–water partition coefficient (Wildman–Crippen LogP) is 0.816. The molecule has 0 spiro atoms. The third-order valence-electron chi connectivity index (χ3n) is 3.80. The van der Waals surface area contributed by atoms with E-state index in [2.05, 4.69) is 25.2 Å². The van der Waals surface area contributed by atoms with Crippen LogP contribution in [0.3, 0.4) is 0 Å². The number of amides is 2. The predicted molar refractivity (Wildman–Crippen MR) is 90.6 cm³/mol. The van der Waals surface area contributed by atoms with E-state index in [1.165, 1.54) is 11.3 Å². The number of anilines is 2. The Bertz CT molecular complexity index is 720. The van der Waals surface area contributed by atoms with Gasteiger partial charge in [0.1, 0.15) is 5.82 Å². The highest BCUT2D eigenvalue weighted by molar-refractivity contribution is 7.13. The van der Waals surface area contributed by atoms with Gasteiger partial charge in [-0.05, 0) is 12.8 Å². The van der Waals surface area contributed by atoms with Crippen LogP contribution in [0.15, 0.2) is 24.0 Å². The summed E-state index contributed by atoms with van der Waals surface area (Å²) in [5.74, 6) is 0.144. The molecule has 1 aliphatic heterocycles. The van der Waals surface area contributed by atoms with E-state index in [0.717, 1.165) is 25.2 Å². The van der Waals surface area contributed by atoms with Crippen molar-refractivity contribution in [2.24, 2.45) is 11.7 Å². The van der Waals surface area contributed by atoms with Crippen LogP contribution >= 0.6 is 11.3 Å². The van der Waals surface area contributed by atoms with Crippen molar-refractivity contribution < 1.29 is 9.59 Å². The number of nitrogens with two attached hydrogens (primary N) is 1. The SMILES string of the molecule is NC(=O)Cc1csc(NC(=O)[C@H]2CCCN(c3cnccn3)C2)n1. The van der Waals surface area contributed by atoms with Crippen molar-refractivity contribution in [2.45, 2.75) is 19.3 Å². The summed E-state index contributed by atoms with van der Waals surface area (Å²) >= 11 is 1.29. The third kappa shape index (κ3) is 4.05. The molecule has 0 aromatic carbocycles. The smallest absolute Gasteiger partial charge is 0.231 e. The molecule has 0 bridgehead atoms. The maximum atomic E-state index is 12.5. The first-order valence-electron chi connectivity index (χ1n) is 7.66. The quantitative estimate of drug-likeness (QED) is 0.828. The van der Waals surface area contributed by atoms with Crippen molar-refractivity contribution in [2.75, 3.05) is 23.3 Å². The summed E-state index contributed by atoms with van der Waals surface area (Å²) in [6, 6.07) is 0. The molecule has 126 valence electrons. The Hall–Kier alpha value is -2.55. The van der Waals surface area contributed by atoms with Crippen LogP contribution in [0.25, 0.3) is 0 Å². The number of thiazole rings is 1. The standard InChI is InChI=1S/C15H18N6O2S/c16-12(22)6-11-9-24-15(19-11)20-14(23)10-2-1-5-21(8-10)13-7-17-3-4-18-13/h3-4,7,9-10H,1-2,5-6,8H2,(H2,16,22)(H,19,20,23)/t10-/m0/s1. The summed E-state index contributed by atoms with van der Waals surface area (Å²) in [5.41, 5.74) is 5.72. The molecule has 0 aliphatic carbocycles. The lowest BCUT2D eigenvalue weighted by molar-refractivity contribution is -0.120. The van der Waals surface area contributed by atoms with Gasteiger partial charge in [-0.2, -0.15) is 0 Å². The highest BCUT2D eigenvalue weighted by Gasteiger charge is 2.27. The normalized spacial score (nSPS) is 17.5. The third-order valence-corrected chi connectivity index (χ3v) is 4.61. The maximum absolute atomic E-state index is 12.5. The zero-order valence-corrected chi connectivity index (χ0v) is 13.8. The Labute approximate surface area is 143 Å².